The van der Waals surface area contributed by atoms with Crippen LogP contribution in [0.25, 0.3) is 22.8 Å². The summed E-state index contributed by atoms with van der Waals surface area (Å²) in [6.07, 6.45) is 8.25. The SMILES string of the molecule is C=C=C(O)C1(COC)CCN(Cc2ccc(-c3noc(-c4ccc(C5CCCCC5)c(I)c4)n3)cc2)CC1. The lowest BCUT2D eigenvalue weighted by molar-refractivity contribution is 0.0178. The van der Waals surface area contributed by atoms with Gasteiger partial charge < -0.3 is 14.4 Å². The Bertz CT molecular complexity index is 1280. The smallest absolute Gasteiger partial charge is 0.258 e. The van der Waals surface area contributed by atoms with Gasteiger partial charge in [-0.25, -0.2) is 0 Å². The number of benzene rings is 2. The number of hydrogen-bond donors (Lipinski definition) is 1. The lowest BCUT2D eigenvalue weighted by atomic mass is 9.77. The molecule has 0 amide bonds. The largest absolute Gasteiger partial charge is 0.504 e. The summed E-state index contributed by atoms with van der Waals surface area (Å²) < 4.78 is 12.3. The fraction of sp³-hybridized carbons (Fsp3) is 0.452. The van der Waals surface area contributed by atoms with Crippen molar-refractivity contribution in [2.75, 3.05) is 26.8 Å². The normalized spacial score (nSPS) is 18.3. The molecule has 1 aliphatic carbocycles. The Morgan fingerprint density at radius 3 is 2.50 bits per heavy atom. The fourth-order valence-electron chi connectivity index (χ4n) is 5.93. The van der Waals surface area contributed by atoms with Gasteiger partial charge in [-0.05, 0) is 90.5 Å². The average Bonchev–Trinajstić information content (AvgIpc) is 3.45. The van der Waals surface area contributed by atoms with Gasteiger partial charge in [-0.1, -0.05) is 67.1 Å². The quantitative estimate of drug-likeness (QED) is 0.159. The molecule has 0 atom stereocenters. The van der Waals surface area contributed by atoms with Gasteiger partial charge in [0.1, 0.15) is 5.76 Å². The molecule has 0 radical (unpaired) electrons. The predicted octanol–water partition coefficient (Wildman–Crippen LogP) is 7.51. The highest BCUT2D eigenvalue weighted by atomic mass is 127. The maximum atomic E-state index is 10.4. The zero-order chi connectivity index (χ0) is 26.5. The van der Waals surface area contributed by atoms with Crippen molar-refractivity contribution in [2.24, 2.45) is 5.41 Å². The van der Waals surface area contributed by atoms with E-state index in [2.05, 4.69) is 87.4 Å². The zero-order valence-corrected chi connectivity index (χ0v) is 24.2. The standard InChI is InChI=1S/C31H36IN3O3/c1-3-28(36)31(21-37-2)15-17-35(18-16-31)20-22-9-11-24(12-10-22)29-33-30(38-34-29)25-13-14-26(27(32)19-25)23-7-5-4-6-8-23/h9-14,19,23,36H,1,4-8,15-18,20-21H2,2H3. The minimum absolute atomic E-state index is 0.220. The first-order valence-electron chi connectivity index (χ1n) is 13.5. The summed E-state index contributed by atoms with van der Waals surface area (Å²) in [6.45, 7) is 6.72. The second-order valence-corrected chi connectivity index (χ2v) is 11.9. The fourth-order valence-corrected chi connectivity index (χ4v) is 6.89. The van der Waals surface area contributed by atoms with E-state index in [-0.39, 0.29) is 11.2 Å². The molecule has 1 saturated carbocycles. The summed E-state index contributed by atoms with van der Waals surface area (Å²) in [4.78, 5) is 7.10. The zero-order valence-electron chi connectivity index (χ0n) is 22.1. The highest BCUT2D eigenvalue weighted by Gasteiger charge is 2.38. The van der Waals surface area contributed by atoms with E-state index in [0.717, 1.165) is 43.6 Å². The number of halogens is 1. The van der Waals surface area contributed by atoms with Crippen molar-refractivity contribution in [3.8, 4) is 22.8 Å². The molecule has 0 spiro atoms. The third kappa shape index (κ3) is 5.91. The third-order valence-electron chi connectivity index (χ3n) is 8.24. The molecule has 2 heterocycles. The second-order valence-electron chi connectivity index (χ2n) is 10.7. The van der Waals surface area contributed by atoms with Crippen LogP contribution in [0.2, 0.25) is 0 Å². The molecule has 1 saturated heterocycles. The molecule has 2 aliphatic rings. The van der Waals surface area contributed by atoms with E-state index in [9.17, 15) is 5.11 Å². The minimum atomic E-state index is -0.374. The van der Waals surface area contributed by atoms with E-state index >= 15 is 0 Å². The number of rotatable bonds is 8. The van der Waals surface area contributed by atoms with Crippen molar-refractivity contribution in [1.29, 1.82) is 0 Å². The Labute approximate surface area is 238 Å². The highest BCUT2D eigenvalue weighted by Crippen LogP contribution is 2.38. The summed E-state index contributed by atoms with van der Waals surface area (Å²) in [5, 5.41) is 14.6. The van der Waals surface area contributed by atoms with E-state index in [4.69, 9.17) is 14.2 Å². The topological polar surface area (TPSA) is 71.6 Å². The predicted molar refractivity (Wildman–Crippen MR) is 158 cm³/mol. The number of aliphatic hydroxyl groups is 1. The maximum Gasteiger partial charge on any atom is 0.258 e. The molecule has 7 heteroatoms. The Balaban J connectivity index is 1.21. The van der Waals surface area contributed by atoms with Gasteiger partial charge in [-0.15, -0.1) is 0 Å². The molecule has 38 heavy (non-hydrogen) atoms. The highest BCUT2D eigenvalue weighted by molar-refractivity contribution is 14.1. The number of hydrogen-bond acceptors (Lipinski definition) is 6. The van der Waals surface area contributed by atoms with Gasteiger partial charge in [0.25, 0.3) is 5.89 Å². The Morgan fingerprint density at radius 1 is 1.13 bits per heavy atom. The van der Waals surface area contributed by atoms with Crippen LogP contribution in [-0.2, 0) is 11.3 Å². The summed E-state index contributed by atoms with van der Waals surface area (Å²) in [7, 11) is 1.67. The number of methoxy groups -OCH3 is 1. The van der Waals surface area contributed by atoms with Crippen molar-refractivity contribution in [1.82, 2.24) is 15.0 Å². The average molecular weight is 626 g/mol. The molecule has 1 aromatic heterocycles. The lowest BCUT2D eigenvalue weighted by Gasteiger charge is -2.40. The summed E-state index contributed by atoms with van der Waals surface area (Å²) >= 11 is 2.45. The minimum Gasteiger partial charge on any atom is -0.504 e. The van der Waals surface area contributed by atoms with Gasteiger partial charge in [-0.2, -0.15) is 4.98 Å². The van der Waals surface area contributed by atoms with E-state index in [0.29, 0.717) is 24.2 Å². The molecule has 5 rings (SSSR count). The van der Waals surface area contributed by atoms with Crippen LogP contribution < -0.4 is 0 Å². The van der Waals surface area contributed by atoms with Crippen molar-refractivity contribution in [2.45, 2.75) is 57.4 Å². The van der Waals surface area contributed by atoms with Crippen LogP contribution in [0.15, 0.2) is 65.1 Å². The van der Waals surface area contributed by atoms with Crippen molar-refractivity contribution in [3.05, 3.63) is 75.2 Å². The van der Waals surface area contributed by atoms with Gasteiger partial charge in [0, 0.05) is 28.4 Å². The first-order chi connectivity index (χ1) is 18.5. The van der Waals surface area contributed by atoms with Crippen molar-refractivity contribution in [3.63, 3.8) is 0 Å². The molecule has 1 aliphatic heterocycles. The number of aliphatic hydroxyl groups excluding tert-OH is 1. The van der Waals surface area contributed by atoms with Crippen LogP contribution >= 0.6 is 22.6 Å². The van der Waals surface area contributed by atoms with E-state index in [1.54, 1.807) is 7.11 Å². The molecule has 6 nitrogen and oxygen atoms in total. The van der Waals surface area contributed by atoms with Crippen LogP contribution in [0.4, 0.5) is 0 Å². The van der Waals surface area contributed by atoms with Gasteiger partial charge >= 0.3 is 0 Å². The number of aromatic nitrogens is 2. The molecule has 1 N–H and O–H groups in total. The van der Waals surface area contributed by atoms with Crippen LogP contribution in [0.1, 0.15) is 62.0 Å². The molecular formula is C31H36IN3O3. The number of likely N-dealkylation sites (tertiary alicyclic amines) is 1. The molecule has 200 valence electrons. The first kappa shape index (κ1) is 27.1. The Morgan fingerprint density at radius 2 is 1.84 bits per heavy atom. The van der Waals surface area contributed by atoms with Crippen LogP contribution in [0.5, 0.6) is 0 Å². The molecule has 2 fully saturated rings. The first-order valence-corrected chi connectivity index (χ1v) is 14.6. The summed E-state index contributed by atoms with van der Waals surface area (Å²) in [6, 6.07) is 14.9. The maximum absolute atomic E-state index is 10.4. The van der Waals surface area contributed by atoms with E-state index < -0.39 is 0 Å². The Hall–Kier alpha value is -2.45. The monoisotopic (exact) mass is 625 g/mol. The number of ether oxygens (including phenoxy) is 1. The van der Waals surface area contributed by atoms with Crippen LogP contribution in [0, 0.1) is 8.99 Å². The second kappa shape index (κ2) is 12.2. The van der Waals surface area contributed by atoms with E-state index in [1.807, 2.05) is 0 Å². The van der Waals surface area contributed by atoms with Crippen molar-refractivity contribution < 1.29 is 14.4 Å². The van der Waals surface area contributed by atoms with E-state index in [1.165, 1.54) is 46.8 Å². The number of piperidine rings is 1. The molecular weight excluding hydrogens is 589 g/mol. The van der Waals surface area contributed by atoms with Gasteiger partial charge in [0.2, 0.25) is 5.82 Å². The number of nitrogens with zero attached hydrogens (tertiary/aromatic N) is 3. The summed E-state index contributed by atoms with van der Waals surface area (Å²) in [5.41, 5.74) is 6.90. The van der Waals surface area contributed by atoms with Crippen LogP contribution in [-0.4, -0.2) is 47.0 Å². The summed E-state index contributed by atoms with van der Waals surface area (Å²) in [5.74, 6) is 2.06. The molecule has 3 aromatic rings. The van der Waals surface area contributed by atoms with Crippen molar-refractivity contribution >= 4 is 22.6 Å². The van der Waals surface area contributed by atoms with Gasteiger partial charge in [0.15, 0.2) is 0 Å². The van der Waals surface area contributed by atoms with Crippen LogP contribution in [0.3, 0.4) is 0 Å². The molecule has 0 unspecified atom stereocenters. The third-order valence-corrected chi connectivity index (χ3v) is 9.17. The Kier molecular flexibility index (Phi) is 8.68. The van der Waals surface area contributed by atoms with Gasteiger partial charge in [0.05, 0.1) is 12.0 Å². The molecule has 0 bridgehead atoms. The lowest BCUT2D eigenvalue weighted by Crippen LogP contribution is -2.43. The molecule has 2 aromatic carbocycles. The van der Waals surface area contributed by atoms with Gasteiger partial charge in [-0.3, -0.25) is 4.90 Å².